The number of carbonyl (C=O) groups is 4. The van der Waals surface area contributed by atoms with Gasteiger partial charge in [-0.1, -0.05) is 0 Å². The van der Waals surface area contributed by atoms with Crippen LogP contribution in [0.3, 0.4) is 0 Å². The number of aromatic carboxylic acids is 2. The molecule has 0 radical (unpaired) electrons. The summed E-state index contributed by atoms with van der Waals surface area (Å²) < 4.78 is 0. The molecule has 0 aromatic heterocycles. The van der Waals surface area contributed by atoms with Crippen LogP contribution >= 0.6 is 0 Å². The van der Waals surface area contributed by atoms with Gasteiger partial charge < -0.3 is 15.1 Å². The van der Waals surface area contributed by atoms with Gasteiger partial charge in [0.2, 0.25) is 0 Å². The van der Waals surface area contributed by atoms with E-state index in [0.29, 0.717) is 10.6 Å². The van der Waals surface area contributed by atoms with Crippen LogP contribution in [0.5, 0.6) is 0 Å². The Morgan fingerprint density at radius 2 is 1.52 bits per heavy atom. The summed E-state index contributed by atoms with van der Waals surface area (Å²) in [6.45, 7) is 8.82. The minimum atomic E-state index is -1.44. The lowest BCUT2D eigenvalue weighted by molar-refractivity contribution is -0.121. The number of benzene rings is 2. The SMILES string of the molecule is [C-]#[N+]C1=C(C)C(=Nc2ccc(N(C)C)cc2)C(=O)N(c2cc(C(=O)O)cc(C(=O)O)c2)C1=O. The first kappa shape index (κ1) is 22.9. The standard InChI is InChI=1S/C23H18N4O6/c1-12-18(24-2)20(28)27(17-10-13(22(30)31)9-14(11-17)23(32)33)21(29)19(12)25-15-5-7-16(8-6-15)26(3)4/h5-11H,1,3-4H3,(H,30,31)(H,32,33). The molecule has 1 aliphatic heterocycles. The van der Waals surface area contributed by atoms with Crippen molar-refractivity contribution in [3.63, 3.8) is 0 Å². The summed E-state index contributed by atoms with van der Waals surface area (Å²) in [4.78, 5) is 59.1. The second-order valence-electron chi connectivity index (χ2n) is 7.28. The van der Waals surface area contributed by atoms with E-state index in [-0.39, 0.29) is 22.7 Å². The first-order valence-electron chi connectivity index (χ1n) is 9.50. The molecule has 0 saturated carbocycles. The predicted octanol–water partition coefficient (Wildman–Crippen LogP) is 2.99. The van der Waals surface area contributed by atoms with Gasteiger partial charge in [0.05, 0.1) is 29.1 Å². The number of imide groups is 1. The maximum absolute atomic E-state index is 13.3. The zero-order valence-electron chi connectivity index (χ0n) is 17.9. The molecule has 0 atom stereocenters. The highest BCUT2D eigenvalue weighted by molar-refractivity contribution is 6.57. The monoisotopic (exact) mass is 446 g/mol. The molecule has 0 aliphatic carbocycles. The van der Waals surface area contributed by atoms with Crippen molar-refractivity contribution in [3.05, 3.63) is 76.3 Å². The number of amides is 2. The first-order valence-corrected chi connectivity index (χ1v) is 9.50. The average Bonchev–Trinajstić information content (AvgIpc) is 2.77. The third kappa shape index (κ3) is 4.33. The van der Waals surface area contributed by atoms with Gasteiger partial charge in [0, 0.05) is 19.8 Å². The highest BCUT2D eigenvalue weighted by atomic mass is 16.4. The van der Waals surface area contributed by atoms with E-state index in [9.17, 15) is 29.4 Å². The van der Waals surface area contributed by atoms with Crippen LogP contribution < -0.4 is 9.80 Å². The van der Waals surface area contributed by atoms with E-state index in [1.165, 1.54) is 6.92 Å². The Morgan fingerprint density at radius 1 is 0.970 bits per heavy atom. The molecular weight excluding hydrogens is 428 g/mol. The van der Waals surface area contributed by atoms with Crippen LogP contribution in [0.2, 0.25) is 0 Å². The Labute approximate surface area is 188 Å². The van der Waals surface area contributed by atoms with Gasteiger partial charge in [-0.3, -0.25) is 14.5 Å². The smallest absolute Gasteiger partial charge is 0.335 e. The Kier molecular flexibility index (Phi) is 6.08. The number of hydrogen-bond donors (Lipinski definition) is 2. The lowest BCUT2D eigenvalue weighted by Gasteiger charge is -2.27. The van der Waals surface area contributed by atoms with Crippen LogP contribution in [0, 0.1) is 6.57 Å². The van der Waals surface area contributed by atoms with Gasteiger partial charge in [-0.15, -0.1) is 0 Å². The summed E-state index contributed by atoms with van der Waals surface area (Å²) >= 11 is 0. The van der Waals surface area contributed by atoms with Gasteiger partial charge in [-0.05, 0) is 55.0 Å². The van der Waals surface area contributed by atoms with Crippen LogP contribution in [0.15, 0.2) is 58.7 Å². The van der Waals surface area contributed by atoms with Crippen LogP contribution in [-0.2, 0) is 9.59 Å². The van der Waals surface area contributed by atoms with Gasteiger partial charge in [0.15, 0.2) is 0 Å². The molecule has 2 aromatic carbocycles. The molecule has 1 heterocycles. The number of hydrogen-bond acceptors (Lipinski definition) is 6. The third-order valence-corrected chi connectivity index (χ3v) is 4.91. The van der Waals surface area contributed by atoms with E-state index in [1.54, 1.807) is 24.3 Å². The highest BCUT2D eigenvalue weighted by Crippen LogP contribution is 2.29. The van der Waals surface area contributed by atoms with Crippen molar-refractivity contribution in [2.45, 2.75) is 6.92 Å². The summed E-state index contributed by atoms with van der Waals surface area (Å²) in [7, 11) is 3.72. The molecule has 166 valence electrons. The number of carboxylic acid groups (broad SMARTS) is 2. The first-order chi connectivity index (χ1) is 15.5. The van der Waals surface area contributed by atoms with Crippen molar-refractivity contribution in [1.82, 2.24) is 0 Å². The summed E-state index contributed by atoms with van der Waals surface area (Å²) in [6, 6.07) is 9.78. The van der Waals surface area contributed by atoms with Crippen LogP contribution in [0.1, 0.15) is 27.6 Å². The van der Waals surface area contributed by atoms with Crippen LogP contribution in [0.25, 0.3) is 4.85 Å². The molecule has 0 bridgehead atoms. The van der Waals surface area contributed by atoms with E-state index in [1.807, 2.05) is 19.0 Å². The van der Waals surface area contributed by atoms with Crippen molar-refractivity contribution < 1.29 is 29.4 Å². The molecule has 0 spiro atoms. The average molecular weight is 446 g/mol. The minimum absolute atomic E-state index is 0.0702. The predicted molar refractivity (Wildman–Crippen MR) is 120 cm³/mol. The second-order valence-corrected chi connectivity index (χ2v) is 7.28. The van der Waals surface area contributed by atoms with Gasteiger partial charge in [-0.2, -0.15) is 0 Å². The van der Waals surface area contributed by atoms with Crippen LogP contribution in [0.4, 0.5) is 17.1 Å². The number of nitrogens with zero attached hydrogens (tertiary/aromatic N) is 4. The Morgan fingerprint density at radius 3 is 1.97 bits per heavy atom. The molecule has 0 saturated heterocycles. The highest BCUT2D eigenvalue weighted by Gasteiger charge is 2.38. The molecule has 2 amide bonds. The van der Waals surface area contributed by atoms with Gasteiger partial charge in [-0.25, -0.2) is 19.4 Å². The molecule has 0 unspecified atom stereocenters. The normalized spacial score (nSPS) is 15.0. The van der Waals surface area contributed by atoms with Crippen molar-refractivity contribution in [1.29, 1.82) is 0 Å². The fourth-order valence-corrected chi connectivity index (χ4v) is 3.18. The molecule has 33 heavy (non-hydrogen) atoms. The zero-order valence-corrected chi connectivity index (χ0v) is 17.9. The molecule has 2 N–H and O–H groups in total. The van der Waals surface area contributed by atoms with E-state index >= 15 is 0 Å². The van der Waals surface area contributed by atoms with Crippen molar-refractivity contribution in [2.75, 3.05) is 23.9 Å². The van der Waals surface area contributed by atoms with Gasteiger partial charge >= 0.3 is 11.9 Å². The quantitative estimate of drug-likeness (QED) is 0.533. The number of anilines is 2. The number of aliphatic imine (C=N–C) groups is 1. The maximum atomic E-state index is 13.3. The lowest BCUT2D eigenvalue weighted by atomic mass is 10.0. The molecule has 3 rings (SSSR count). The number of carbonyl (C=O) groups excluding carboxylic acids is 2. The summed E-state index contributed by atoms with van der Waals surface area (Å²) in [6.07, 6.45) is 0. The zero-order chi connectivity index (χ0) is 24.4. The van der Waals surface area contributed by atoms with Gasteiger partial charge in [0.25, 0.3) is 17.5 Å². The Balaban J connectivity index is 2.19. The Hall–Kier alpha value is -4.78. The molecule has 2 aromatic rings. The second kappa shape index (κ2) is 8.76. The largest absolute Gasteiger partial charge is 0.478 e. The summed E-state index contributed by atoms with van der Waals surface area (Å²) in [5.41, 5.74) is -0.351. The van der Waals surface area contributed by atoms with E-state index in [4.69, 9.17) is 6.57 Å². The summed E-state index contributed by atoms with van der Waals surface area (Å²) in [5.74, 6) is -4.78. The fourth-order valence-electron chi connectivity index (χ4n) is 3.18. The lowest BCUT2D eigenvalue weighted by Crippen LogP contribution is -2.46. The summed E-state index contributed by atoms with van der Waals surface area (Å²) in [5, 5.41) is 18.7. The molecule has 0 fully saturated rings. The van der Waals surface area contributed by atoms with E-state index in [2.05, 4.69) is 9.84 Å². The topological polar surface area (TPSA) is 132 Å². The Bertz CT molecular complexity index is 1270. The minimum Gasteiger partial charge on any atom is -0.478 e. The third-order valence-electron chi connectivity index (χ3n) is 4.91. The van der Waals surface area contributed by atoms with Crippen molar-refractivity contribution >= 4 is 46.5 Å². The molecule has 10 heteroatoms. The number of carboxylic acids is 2. The maximum Gasteiger partial charge on any atom is 0.335 e. The fraction of sp³-hybridized carbons (Fsp3) is 0.130. The molecule has 1 aliphatic rings. The number of rotatable bonds is 5. The molecule has 10 nitrogen and oxygen atoms in total. The van der Waals surface area contributed by atoms with Gasteiger partial charge in [0.1, 0.15) is 5.71 Å². The van der Waals surface area contributed by atoms with E-state index in [0.717, 1.165) is 23.9 Å². The van der Waals surface area contributed by atoms with E-state index < -0.39 is 34.9 Å². The molecular formula is C23H18N4O6. The van der Waals surface area contributed by atoms with Crippen molar-refractivity contribution in [2.24, 2.45) is 4.99 Å². The van der Waals surface area contributed by atoms with Crippen LogP contribution in [-0.4, -0.2) is 53.8 Å². The van der Waals surface area contributed by atoms with Crippen molar-refractivity contribution in [3.8, 4) is 0 Å².